The molecule has 2 aromatic rings. The highest BCUT2D eigenvalue weighted by Gasteiger charge is 2.32. The van der Waals surface area contributed by atoms with Crippen molar-refractivity contribution in [1.82, 2.24) is 14.2 Å². The molecule has 1 aromatic carbocycles. The molecular weight excluding hydrogens is 448 g/mol. The van der Waals surface area contributed by atoms with Crippen LogP contribution in [0.2, 0.25) is 0 Å². The van der Waals surface area contributed by atoms with Crippen LogP contribution in [0, 0.1) is 0 Å². The summed E-state index contributed by atoms with van der Waals surface area (Å²) < 4.78 is 44.1. The number of nitrogens with zero attached hydrogens (tertiary/aromatic N) is 4. The minimum Gasteiger partial charge on any atom is -0.486 e. The first kappa shape index (κ1) is 21.9. The maximum atomic E-state index is 13.1. The smallest absolute Gasteiger partial charge is 0.272 e. The number of benzene rings is 1. The molecule has 10 nitrogen and oxygen atoms in total. The fraction of sp³-hybridized carbons (Fsp3) is 0.455. The molecule has 0 radical (unpaired) electrons. The van der Waals surface area contributed by atoms with Crippen LogP contribution in [0.15, 0.2) is 41.4 Å². The zero-order valence-corrected chi connectivity index (χ0v) is 19.0. The van der Waals surface area contributed by atoms with E-state index in [0.29, 0.717) is 56.7 Å². The van der Waals surface area contributed by atoms with Gasteiger partial charge in [-0.2, -0.15) is 4.31 Å². The molecule has 176 valence electrons. The van der Waals surface area contributed by atoms with Crippen LogP contribution in [0.4, 0.5) is 5.69 Å². The number of carbonyl (C=O) groups excluding carboxylic acids is 1. The van der Waals surface area contributed by atoms with Crippen LogP contribution in [-0.2, 0) is 14.8 Å². The van der Waals surface area contributed by atoms with E-state index < -0.39 is 10.0 Å². The number of rotatable bonds is 4. The fourth-order valence-electron chi connectivity index (χ4n) is 4.18. The molecule has 3 aliphatic heterocycles. The molecular formula is C22H26N4O6S. The summed E-state index contributed by atoms with van der Waals surface area (Å²) >= 11 is 0. The molecule has 5 rings (SSSR count). The van der Waals surface area contributed by atoms with E-state index in [4.69, 9.17) is 14.2 Å². The third-order valence-electron chi connectivity index (χ3n) is 6.02. The molecule has 3 aliphatic rings. The van der Waals surface area contributed by atoms with Gasteiger partial charge in [0.15, 0.2) is 11.5 Å². The van der Waals surface area contributed by atoms with Crippen LogP contribution < -0.4 is 14.4 Å². The van der Waals surface area contributed by atoms with E-state index in [9.17, 15) is 13.2 Å². The predicted molar refractivity (Wildman–Crippen MR) is 119 cm³/mol. The van der Waals surface area contributed by atoms with Crippen LogP contribution in [0.3, 0.4) is 0 Å². The van der Waals surface area contributed by atoms with E-state index in [-0.39, 0.29) is 23.9 Å². The maximum absolute atomic E-state index is 13.1. The molecule has 2 fully saturated rings. The molecule has 1 amide bonds. The standard InChI is InChI=1S/C22H26N4O6S/c27-22(19-15-17(3-4-23-19)24-9-11-30-12-10-24)25-5-7-26(8-6-25)33(28,29)18-1-2-20-21(16-18)32-14-13-31-20/h1-4,15-16H,5-14H2. The lowest BCUT2D eigenvalue weighted by molar-refractivity contribution is 0.0692. The van der Waals surface area contributed by atoms with E-state index in [2.05, 4.69) is 9.88 Å². The van der Waals surface area contributed by atoms with Crippen molar-refractivity contribution in [2.45, 2.75) is 4.90 Å². The predicted octanol–water partition coefficient (Wildman–Crippen LogP) is 0.836. The highest BCUT2D eigenvalue weighted by Crippen LogP contribution is 2.33. The Bertz CT molecular complexity index is 1130. The lowest BCUT2D eigenvalue weighted by Gasteiger charge is -2.34. The quantitative estimate of drug-likeness (QED) is 0.643. The third-order valence-corrected chi connectivity index (χ3v) is 7.91. The van der Waals surface area contributed by atoms with Gasteiger partial charge in [-0.05, 0) is 24.3 Å². The van der Waals surface area contributed by atoms with Crippen molar-refractivity contribution in [3.63, 3.8) is 0 Å². The molecule has 0 aliphatic carbocycles. The van der Waals surface area contributed by atoms with Crippen LogP contribution in [0.1, 0.15) is 10.5 Å². The Morgan fingerprint density at radius 1 is 0.848 bits per heavy atom. The Labute approximate surface area is 192 Å². The summed E-state index contributed by atoms with van der Waals surface area (Å²) in [4.78, 5) is 21.3. The number of hydrogen-bond acceptors (Lipinski definition) is 8. The van der Waals surface area contributed by atoms with Crippen molar-refractivity contribution < 1.29 is 27.4 Å². The summed E-state index contributed by atoms with van der Waals surface area (Å²) in [6, 6.07) is 8.34. The molecule has 0 atom stereocenters. The molecule has 0 bridgehead atoms. The Morgan fingerprint density at radius 3 is 2.33 bits per heavy atom. The number of sulfonamides is 1. The Morgan fingerprint density at radius 2 is 1.58 bits per heavy atom. The molecule has 0 saturated carbocycles. The lowest BCUT2D eigenvalue weighted by Crippen LogP contribution is -2.50. The number of carbonyl (C=O) groups is 1. The van der Waals surface area contributed by atoms with Crippen LogP contribution >= 0.6 is 0 Å². The first-order valence-electron chi connectivity index (χ1n) is 11.0. The molecule has 0 spiro atoms. The van der Waals surface area contributed by atoms with Gasteiger partial charge in [-0.3, -0.25) is 9.78 Å². The largest absolute Gasteiger partial charge is 0.486 e. The highest BCUT2D eigenvalue weighted by atomic mass is 32.2. The average Bonchev–Trinajstić information content (AvgIpc) is 2.88. The number of fused-ring (bicyclic) bond motifs is 1. The Balaban J connectivity index is 1.25. The van der Waals surface area contributed by atoms with Crippen molar-refractivity contribution in [1.29, 1.82) is 0 Å². The normalized spacial score (nSPS) is 19.4. The average molecular weight is 475 g/mol. The maximum Gasteiger partial charge on any atom is 0.272 e. The minimum atomic E-state index is -3.70. The first-order valence-corrected chi connectivity index (χ1v) is 12.4. The third kappa shape index (κ3) is 4.48. The van der Waals surface area contributed by atoms with Gasteiger partial charge in [0.05, 0.1) is 18.1 Å². The monoisotopic (exact) mass is 474 g/mol. The number of morpholine rings is 1. The second-order valence-corrected chi connectivity index (χ2v) is 9.94. The second kappa shape index (κ2) is 9.16. The summed E-state index contributed by atoms with van der Waals surface area (Å²) in [5.74, 6) is 0.784. The SMILES string of the molecule is O=C(c1cc(N2CCOCC2)ccn1)N1CCN(S(=O)(=O)c2ccc3c(c2)OCCO3)CC1. The lowest BCUT2D eigenvalue weighted by atomic mass is 10.2. The van der Waals surface area contributed by atoms with Gasteiger partial charge in [-0.25, -0.2) is 8.42 Å². The molecule has 11 heteroatoms. The number of hydrogen-bond donors (Lipinski definition) is 0. The van der Waals surface area contributed by atoms with Gasteiger partial charge >= 0.3 is 0 Å². The number of ether oxygens (including phenoxy) is 3. The van der Waals surface area contributed by atoms with E-state index >= 15 is 0 Å². The summed E-state index contributed by atoms with van der Waals surface area (Å²) in [6.07, 6.45) is 1.64. The van der Waals surface area contributed by atoms with Crippen LogP contribution in [0.5, 0.6) is 11.5 Å². The molecule has 2 saturated heterocycles. The number of piperazine rings is 1. The highest BCUT2D eigenvalue weighted by molar-refractivity contribution is 7.89. The van der Waals surface area contributed by atoms with Gasteiger partial charge in [0.25, 0.3) is 5.91 Å². The van der Waals surface area contributed by atoms with Crippen molar-refractivity contribution in [3.8, 4) is 11.5 Å². The number of amides is 1. The number of aromatic nitrogens is 1. The summed E-state index contributed by atoms with van der Waals surface area (Å²) in [5.41, 5.74) is 1.30. The Hall–Kier alpha value is -2.89. The van der Waals surface area contributed by atoms with Gasteiger partial charge in [0, 0.05) is 57.2 Å². The van der Waals surface area contributed by atoms with E-state index in [1.807, 2.05) is 6.07 Å². The molecule has 0 unspecified atom stereocenters. The minimum absolute atomic E-state index is 0.159. The van der Waals surface area contributed by atoms with Gasteiger partial charge in [-0.15, -0.1) is 0 Å². The molecule has 1 aromatic heterocycles. The fourth-order valence-corrected chi connectivity index (χ4v) is 5.62. The number of anilines is 1. The van der Waals surface area contributed by atoms with Crippen molar-refractivity contribution in [3.05, 3.63) is 42.2 Å². The van der Waals surface area contributed by atoms with Gasteiger partial charge in [0.2, 0.25) is 10.0 Å². The zero-order valence-electron chi connectivity index (χ0n) is 18.2. The van der Waals surface area contributed by atoms with Crippen LogP contribution in [-0.4, -0.2) is 94.2 Å². The molecule has 4 heterocycles. The molecule has 33 heavy (non-hydrogen) atoms. The molecule has 0 N–H and O–H groups in total. The van der Waals surface area contributed by atoms with Crippen molar-refractivity contribution in [2.75, 3.05) is 70.6 Å². The van der Waals surface area contributed by atoms with Crippen LogP contribution in [0.25, 0.3) is 0 Å². The zero-order chi connectivity index (χ0) is 22.8. The first-order chi connectivity index (χ1) is 16.0. The summed E-state index contributed by atoms with van der Waals surface area (Å²) in [7, 11) is -3.70. The van der Waals surface area contributed by atoms with Gasteiger partial charge in [-0.1, -0.05) is 0 Å². The van der Waals surface area contributed by atoms with Gasteiger partial charge in [0.1, 0.15) is 18.9 Å². The second-order valence-electron chi connectivity index (χ2n) is 8.00. The summed E-state index contributed by atoms with van der Waals surface area (Å²) in [5, 5.41) is 0. The summed E-state index contributed by atoms with van der Waals surface area (Å²) in [6.45, 7) is 4.71. The van der Waals surface area contributed by atoms with E-state index in [1.54, 1.807) is 23.2 Å². The van der Waals surface area contributed by atoms with Crippen molar-refractivity contribution in [2.24, 2.45) is 0 Å². The van der Waals surface area contributed by atoms with Crippen molar-refractivity contribution >= 4 is 21.6 Å². The topological polar surface area (TPSA) is 102 Å². The van der Waals surface area contributed by atoms with Gasteiger partial charge < -0.3 is 24.0 Å². The number of pyridine rings is 1. The Kier molecular flexibility index (Phi) is 6.09. The van der Waals surface area contributed by atoms with E-state index in [1.165, 1.54) is 16.4 Å². The van der Waals surface area contributed by atoms with E-state index in [0.717, 1.165) is 18.8 Å².